The Balaban J connectivity index is 1.34. The number of hydrogen-bond acceptors (Lipinski definition) is 5. The highest BCUT2D eigenvalue weighted by molar-refractivity contribution is 5.97. The van der Waals surface area contributed by atoms with Gasteiger partial charge in [0.05, 0.1) is 7.11 Å². The first-order valence-corrected chi connectivity index (χ1v) is 10.5. The van der Waals surface area contributed by atoms with Crippen molar-refractivity contribution in [3.63, 3.8) is 0 Å². The summed E-state index contributed by atoms with van der Waals surface area (Å²) in [4.78, 5) is 44.6. The van der Waals surface area contributed by atoms with E-state index in [4.69, 9.17) is 4.74 Å². The minimum Gasteiger partial charge on any atom is -0.481 e. The highest BCUT2D eigenvalue weighted by atomic mass is 16.5. The number of nitrogens with zero attached hydrogens (tertiary/aromatic N) is 3. The number of carbonyl (C=O) groups is 3. The van der Waals surface area contributed by atoms with Crippen LogP contribution in [0.25, 0.3) is 0 Å². The Morgan fingerprint density at radius 1 is 1.10 bits per heavy atom. The molecule has 4 rings (SSSR count). The molecule has 2 saturated heterocycles. The number of nitrogens with one attached hydrogen (secondary N) is 1. The molecule has 1 aromatic heterocycles. The van der Waals surface area contributed by atoms with Crippen molar-refractivity contribution in [3.8, 4) is 5.88 Å². The first-order chi connectivity index (χ1) is 15.0. The maximum Gasteiger partial charge on any atom is 0.251 e. The Morgan fingerprint density at radius 3 is 2.55 bits per heavy atom. The number of anilines is 2. The molecule has 1 unspecified atom stereocenters. The Morgan fingerprint density at radius 2 is 1.84 bits per heavy atom. The van der Waals surface area contributed by atoms with E-state index in [1.54, 1.807) is 17.0 Å². The van der Waals surface area contributed by atoms with E-state index in [0.29, 0.717) is 37.4 Å². The number of methoxy groups -OCH3 is 1. The second-order valence-electron chi connectivity index (χ2n) is 7.89. The number of hydrogen-bond donors (Lipinski definition) is 1. The molecule has 0 radical (unpaired) electrons. The molecule has 0 aliphatic carbocycles. The molecule has 1 atom stereocenters. The van der Waals surface area contributed by atoms with Crippen LogP contribution in [-0.4, -0.2) is 49.4 Å². The van der Waals surface area contributed by atoms with Gasteiger partial charge in [0.25, 0.3) is 5.91 Å². The average molecular weight is 422 g/mol. The number of carbonyl (C=O) groups excluding carboxylic acids is 3. The molecule has 162 valence electrons. The molecule has 2 fully saturated rings. The van der Waals surface area contributed by atoms with Crippen LogP contribution < -0.4 is 19.9 Å². The number of piperidine rings is 1. The quantitative estimate of drug-likeness (QED) is 0.772. The average Bonchev–Trinajstić information content (AvgIpc) is 3.18. The lowest BCUT2D eigenvalue weighted by molar-refractivity contribution is -0.119. The van der Waals surface area contributed by atoms with Crippen LogP contribution >= 0.6 is 0 Å². The molecule has 2 aliphatic heterocycles. The molecule has 1 aromatic carbocycles. The Bertz CT molecular complexity index is 976. The summed E-state index contributed by atoms with van der Waals surface area (Å²) in [5, 5.41) is 2.90. The zero-order valence-electron chi connectivity index (χ0n) is 17.5. The summed E-state index contributed by atoms with van der Waals surface area (Å²) in [6.07, 6.45) is 4.45. The van der Waals surface area contributed by atoms with Gasteiger partial charge in [0.2, 0.25) is 17.7 Å². The van der Waals surface area contributed by atoms with Crippen LogP contribution in [0.3, 0.4) is 0 Å². The number of aromatic nitrogens is 1. The van der Waals surface area contributed by atoms with Crippen molar-refractivity contribution in [2.24, 2.45) is 5.92 Å². The van der Waals surface area contributed by atoms with E-state index in [1.807, 2.05) is 29.2 Å². The number of benzene rings is 1. The Labute approximate surface area is 181 Å². The maximum atomic E-state index is 12.5. The van der Waals surface area contributed by atoms with Crippen molar-refractivity contribution in [3.05, 3.63) is 48.2 Å². The minimum absolute atomic E-state index is 0.0310. The van der Waals surface area contributed by atoms with E-state index in [1.165, 1.54) is 13.3 Å². The fraction of sp³-hybridized carbons (Fsp3) is 0.391. The summed E-state index contributed by atoms with van der Waals surface area (Å²) in [5.41, 5.74) is 2.15. The van der Waals surface area contributed by atoms with Crippen LogP contribution in [0.5, 0.6) is 5.88 Å². The fourth-order valence-electron chi connectivity index (χ4n) is 4.06. The van der Waals surface area contributed by atoms with Crippen molar-refractivity contribution in [1.29, 1.82) is 0 Å². The molecule has 8 heteroatoms. The third-order valence-electron chi connectivity index (χ3n) is 5.76. The van der Waals surface area contributed by atoms with Gasteiger partial charge in [-0.1, -0.05) is 0 Å². The molecular formula is C23H26N4O4. The number of rotatable bonds is 6. The van der Waals surface area contributed by atoms with Gasteiger partial charge in [-0.05, 0) is 43.2 Å². The van der Waals surface area contributed by atoms with Gasteiger partial charge in [-0.3, -0.25) is 14.4 Å². The van der Waals surface area contributed by atoms with Gasteiger partial charge in [-0.2, -0.15) is 0 Å². The lowest BCUT2D eigenvalue weighted by Gasteiger charge is -2.27. The highest BCUT2D eigenvalue weighted by Gasteiger charge is 2.31. The zero-order chi connectivity index (χ0) is 21.8. The largest absolute Gasteiger partial charge is 0.481 e. The van der Waals surface area contributed by atoms with Crippen LogP contribution in [0, 0.1) is 5.92 Å². The summed E-state index contributed by atoms with van der Waals surface area (Å²) < 4.78 is 5.05. The fourth-order valence-corrected chi connectivity index (χ4v) is 4.06. The second-order valence-corrected chi connectivity index (χ2v) is 7.89. The smallest absolute Gasteiger partial charge is 0.251 e. The van der Waals surface area contributed by atoms with Gasteiger partial charge in [-0.15, -0.1) is 0 Å². The van der Waals surface area contributed by atoms with Crippen LogP contribution in [0.2, 0.25) is 0 Å². The van der Waals surface area contributed by atoms with Crippen LogP contribution in [0.4, 0.5) is 11.4 Å². The minimum atomic E-state index is -0.220. The molecule has 0 bridgehead atoms. The van der Waals surface area contributed by atoms with Gasteiger partial charge >= 0.3 is 0 Å². The third kappa shape index (κ3) is 4.68. The molecule has 3 heterocycles. The maximum absolute atomic E-state index is 12.5. The van der Waals surface area contributed by atoms with Crippen molar-refractivity contribution < 1.29 is 19.1 Å². The summed E-state index contributed by atoms with van der Waals surface area (Å²) in [5.74, 6) is 0.376. The van der Waals surface area contributed by atoms with Gasteiger partial charge in [0.1, 0.15) is 0 Å². The summed E-state index contributed by atoms with van der Waals surface area (Å²) >= 11 is 0. The van der Waals surface area contributed by atoms with E-state index in [0.717, 1.165) is 30.8 Å². The van der Waals surface area contributed by atoms with Crippen molar-refractivity contribution in [2.45, 2.75) is 25.7 Å². The third-order valence-corrected chi connectivity index (χ3v) is 5.76. The molecule has 2 aromatic rings. The molecule has 2 aliphatic rings. The summed E-state index contributed by atoms with van der Waals surface area (Å²) in [6, 6.07) is 10.8. The first kappa shape index (κ1) is 20.8. The highest BCUT2D eigenvalue weighted by Crippen LogP contribution is 2.28. The molecule has 0 saturated carbocycles. The van der Waals surface area contributed by atoms with E-state index >= 15 is 0 Å². The predicted molar refractivity (Wildman–Crippen MR) is 116 cm³/mol. The molecule has 0 spiro atoms. The second kappa shape index (κ2) is 9.16. The number of ether oxygens (including phenoxy) is 1. The predicted octanol–water partition coefficient (Wildman–Crippen LogP) is 2.39. The molecule has 31 heavy (non-hydrogen) atoms. The van der Waals surface area contributed by atoms with Crippen LogP contribution in [0.15, 0.2) is 42.6 Å². The molecule has 8 nitrogen and oxygen atoms in total. The summed E-state index contributed by atoms with van der Waals surface area (Å²) in [7, 11) is 1.50. The van der Waals surface area contributed by atoms with E-state index in [-0.39, 0.29) is 23.6 Å². The van der Waals surface area contributed by atoms with Gasteiger partial charge < -0.3 is 19.9 Å². The van der Waals surface area contributed by atoms with E-state index in [2.05, 4.69) is 10.3 Å². The van der Waals surface area contributed by atoms with E-state index < -0.39 is 0 Å². The van der Waals surface area contributed by atoms with Crippen LogP contribution in [-0.2, 0) is 9.59 Å². The Hall–Kier alpha value is -3.42. The Kier molecular flexibility index (Phi) is 6.16. The SMILES string of the molecule is COc1cc(C(=O)NCC2CC(=O)N(c3ccc(N4CCCCC4=O)cc3)C2)ccn1. The van der Waals surface area contributed by atoms with Crippen LogP contribution in [0.1, 0.15) is 36.0 Å². The summed E-state index contributed by atoms with van der Waals surface area (Å²) in [6.45, 7) is 1.69. The van der Waals surface area contributed by atoms with Crippen molar-refractivity contribution >= 4 is 29.1 Å². The van der Waals surface area contributed by atoms with Gasteiger partial charge in [0.15, 0.2) is 0 Å². The monoisotopic (exact) mass is 422 g/mol. The molecular weight excluding hydrogens is 396 g/mol. The normalized spacial score (nSPS) is 18.9. The van der Waals surface area contributed by atoms with Crippen molar-refractivity contribution in [1.82, 2.24) is 10.3 Å². The van der Waals surface area contributed by atoms with Gasteiger partial charge in [-0.25, -0.2) is 4.98 Å². The lowest BCUT2D eigenvalue weighted by atomic mass is 10.1. The van der Waals surface area contributed by atoms with E-state index in [9.17, 15) is 14.4 Å². The standard InChI is InChI=1S/C23H26N4O4/c1-31-20-13-17(9-10-24-20)23(30)25-14-16-12-22(29)27(15-16)19-7-5-18(6-8-19)26-11-3-2-4-21(26)28/h5-10,13,16H,2-4,11-12,14-15H2,1H3,(H,25,30). The number of pyridine rings is 1. The number of amides is 3. The lowest BCUT2D eigenvalue weighted by Crippen LogP contribution is -2.35. The molecule has 1 N–H and O–H groups in total. The molecule has 3 amide bonds. The van der Waals surface area contributed by atoms with Gasteiger partial charge in [0, 0.05) is 67.6 Å². The van der Waals surface area contributed by atoms with Crippen molar-refractivity contribution in [2.75, 3.05) is 36.5 Å². The first-order valence-electron chi connectivity index (χ1n) is 10.5. The zero-order valence-corrected chi connectivity index (χ0v) is 17.5. The topological polar surface area (TPSA) is 91.8 Å².